The number of aryl methyl sites for hydroxylation is 1. The summed E-state index contributed by atoms with van der Waals surface area (Å²) >= 11 is 0. The predicted octanol–water partition coefficient (Wildman–Crippen LogP) is 3.62. The maximum Gasteiger partial charge on any atom is 0.256 e. The summed E-state index contributed by atoms with van der Waals surface area (Å²) in [5, 5.41) is 9.34. The first-order chi connectivity index (χ1) is 10.6. The minimum absolute atomic E-state index is 0.0831. The van der Waals surface area contributed by atoms with Crippen LogP contribution in [-0.4, -0.2) is 9.67 Å². The zero-order chi connectivity index (χ0) is 16.1. The number of nitrogens with zero attached hydrogens (tertiary/aromatic N) is 1. The number of hydrogen-bond donors (Lipinski definition) is 1. The van der Waals surface area contributed by atoms with E-state index in [0.717, 1.165) is 24.1 Å². The summed E-state index contributed by atoms with van der Waals surface area (Å²) in [6.45, 7) is 6.89. The van der Waals surface area contributed by atoms with E-state index in [9.17, 15) is 9.90 Å². The maximum absolute atomic E-state index is 12.5. The predicted molar refractivity (Wildman–Crippen MR) is 90.9 cm³/mol. The molecule has 0 bridgehead atoms. The fraction of sp³-hybridized carbons (Fsp3) is 0.421. The van der Waals surface area contributed by atoms with Crippen LogP contribution in [0.3, 0.4) is 0 Å². The lowest BCUT2D eigenvalue weighted by atomic mass is 10.1. The molecule has 0 saturated heterocycles. The number of benzene rings is 1. The van der Waals surface area contributed by atoms with E-state index in [1.165, 1.54) is 5.56 Å². The van der Waals surface area contributed by atoms with E-state index in [1.807, 2.05) is 6.07 Å². The van der Waals surface area contributed by atoms with Crippen LogP contribution in [0.2, 0.25) is 0 Å². The van der Waals surface area contributed by atoms with Crippen molar-refractivity contribution < 1.29 is 5.11 Å². The second-order valence-corrected chi connectivity index (χ2v) is 6.09. The van der Waals surface area contributed by atoms with E-state index in [-0.39, 0.29) is 12.2 Å². The van der Waals surface area contributed by atoms with Crippen molar-refractivity contribution in [2.45, 2.75) is 46.8 Å². The molecule has 2 aromatic rings. The van der Waals surface area contributed by atoms with Crippen LogP contribution >= 0.6 is 0 Å². The number of rotatable bonds is 6. The number of aromatic nitrogens is 1. The van der Waals surface area contributed by atoms with Crippen LogP contribution in [-0.2, 0) is 19.6 Å². The van der Waals surface area contributed by atoms with Crippen molar-refractivity contribution in [2.75, 3.05) is 0 Å². The van der Waals surface area contributed by atoms with E-state index in [0.29, 0.717) is 18.0 Å². The molecule has 0 amide bonds. The molecule has 1 aromatic heterocycles. The molecule has 118 valence electrons. The van der Waals surface area contributed by atoms with Crippen molar-refractivity contribution in [1.82, 2.24) is 4.57 Å². The van der Waals surface area contributed by atoms with Crippen LogP contribution in [0.4, 0.5) is 0 Å². The molecule has 0 atom stereocenters. The summed E-state index contributed by atoms with van der Waals surface area (Å²) in [7, 11) is 0. The third kappa shape index (κ3) is 3.66. The molecule has 0 aliphatic carbocycles. The monoisotopic (exact) mass is 299 g/mol. The largest absolute Gasteiger partial charge is 0.391 e. The molecule has 3 nitrogen and oxygen atoms in total. The van der Waals surface area contributed by atoms with Gasteiger partial charge in [0.15, 0.2) is 0 Å². The molecular weight excluding hydrogens is 274 g/mol. The SMILES string of the molecule is CCc1ccc(-c2ccc(CO)c(=O)n2CCC(C)C)cc1. The van der Waals surface area contributed by atoms with Crippen molar-refractivity contribution in [2.24, 2.45) is 5.92 Å². The van der Waals surface area contributed by atoms with Gasteiger partial charge in [0, 0.05) is 12.1 Å². The number of hydrogen-bond acceptors (Lipinski definition) is 2. The van der Waals surface area contributed by atoms with Gasteiger partial charge >= 0.3 is 0 Å². The Labute approximate surface area is 132 Å². The highest BCUT2D eigenvalue weighted by atomic mass is 16.3. The van der Waals surface area contributed by atoms with Crippen molar-refractivity contribution in [3.63, 3.8) is 0 Å². The third-order valence-corrected chi connectivity index (χ3v) is 4.01. The third-order valence-electron chi connectivity index (χ3n) is 4.01. The van der Waals surface area contributed by atoms with Gasteiger partial charge in [0.1, 0.15) is 0 Å². The molecule has 0 aliphatic rings. The Balaban J connectivity index is 2.48. The lowest BCUT2D eigenvalue weighted by Crippen LogP contribution is -2.25. The minimum atomic E-state index is -0.213. The molecule has 1 heterocycles. The van der Waals surface area contributed by atoms with Crippen molar-refractivity contribution >= 4 is 0 Å². The molecule has 1 aromatic carbocycles. The van der Waals surface area contributed by atoms with E-state index in [2.05, 4.69) is 45.0 Å². The van der Waals surface area contributed by atoms with Crippen LogP contribution in [0.5, 0.6) is 0 Å². The molecule has 0 aliphatic heterocycles. The molecule has 3 heteroatoms. The Bertz CT molecular complexity index is 669. The van der Waals surface area contributed by atoms with Crippen LogP contribution in [0, 0.1) is 5.92 Å². The van der Waals surface area contributed by atoms with Crippen molar-refractivity contribution in [3.05, 3.63) is 57.9 Å². The van der Waals surface area contributed by atoms with Crippen LogP contribution in [0.25, 0.3) is 11.3 Å². The summed E-state index contributed by atoms with van der Waals surface area (Å²) in [6, 6.07) is 12.0. The van der Waals surface area contributed by atoms with Crippen LogP contribution < -0.4 is 5.56 Å². The van der Waals surface area contributed by atoms with Gasteiger partial charge in [-0.15, -0.1) is 0 Å². The molecule has 22 heavy (non-hydrogen) atoms. The zero-order valence-corrected chi connectivity index (χ0v) is 13.7. The van der Waals surface area contributed by atoms with Gasteiger partial charge < -0.3 is 9.67 Å². The fourth-order valence-electron chi connectivity index (χ4n) is 2.52. The molecule has 0 unspecified atom stereocenters. The standard InChI is InChI=1S/C19H25NO2/c1-4-15-5-7-16(8-6-15)18-10-9-17(13-21)19(22)20(18)12-11-14(2)3/h5-10,14,21H,4,11-13H2,1-3H3. The minimum Gasteiger partial charge on any atom is -0.391 e. The first kappa shape index (κ1) is 16.5. The highest BCUT2D eigenvalue weighted by molar-refractivity contribution is 5.60. The number of aliphatic hydroxyl groups is 1. The second kappa shape index (κ2) is 7.41. The van der Waals surface area contributed by atoms with E-state index in [1.54, 1.807) is 10.6 Å². The van der Waals surface area contributed by atoms with Gasteiger partial charge in [0.25, 0.3) is 5.56 Å². The first-order valence-corrected chi connectivity index (χ1v) is 7.99. The molecule has 0 spiro atoms. The summed E-state index contributed by atoms with van der Waals surface area (Å²) in [5.41, 5.74) is 3.62. The number of pyridine rings is 1. The normalized spacial score (nSPS) is 11.1. The van der Waals surface area contributed by atoms with Crippen LogP contribution in [0.15, 0.2) is 41.2 Å². The fourth-order valence-corrected chi connectivity index (χ4v) is 2.52. The van der Waals surface area contributed by atoms with Crippen molar-refractivity contribution in [3.8, 4) is 11.3 Å². The van der Waals surface area contributed by atoms with Gasteiger partial charge in [0.2, 0.25) is 0 Å². The molecule has 1 N–H and O–H groups in total. The Morgan fingerprint density at radius 2 is 1.77 bits per heavy atom. The summed E-state index contributed by atoms with van der Waals surface area (Å²) < 4.78 is 1.80. The first-order valence-electron chi connectivity index (χ1n) is 7.99. The lowest BCUT2D eigenvalue weighted by molar-refractivity contribution is 0.279. The Kier molecular flexibility index (Phi) is 5.56. The quantitative estimate of drug-likeness (QED) is 0.885. The molecule has 0 radical (unpaired) electrons. The van der Waals surface area contributed by atoms with Gasteiger partial charge in [-0.05, 0) is 42.0 Å². The molecule has 0 fully saturated rings. The Morgan fingerprint density at radius 3 is 2.32 bits per heavy atom. The van der Waals surface area contributed by atoms with E-state index < -0.39 is 0 Å². The van der Waals surface area contributed by atoms with Gasteiger partial charge in [-0.25, -0.2) is 0 Å². The molecule has 2 rings (SSSR count). The smallest absolute Gasteiger partial charge is 0.256 e. The van der Waals surface area contributed by atoms with E-state index >= 15 is 0 Å². The average molecular weight is 299 g/mol. The lowest BCUT2D eigenvalue weighted by Gasteiger charge is -2.16. The van der Waals surface area contributed by atoms with Crippen LogP contribution in [0.1, 0.15) is 38.3 Å². The van der Waals surface area contributed by atoms with Gasteiger partial charge in [-0.2, -0.15) is 0 Å². The Morgan fingerprint density at radius 1 is 1.09 bits per heavy atom. The van der Waals surface area contributed by atoms with Gasteiger partial charge in [-0.3, -0.25) is 4.79 Å². The number of aliphatic hydroxyl groups excluding tert-OH is 1. The highest BCUT2D eigenvalue weighted by Crippen LogP contribution is 2.20. The Hall–Kier alpha value is -1.87. The van der Waals surface area contributed by atoms with Crippen molar-refractivity contribution in [1.29, 1.82) is 0 Å². The summed E-state index contributed by atoms with van der Waals surface area (Å²) in [5.74, 6) is 0.528. The average Bonchev–Trinajstić information content (AvgIpc) is 2.53. The zero-order valence-electron chi connectivity index (χ0n) is 13.7. The van der Waals surface area contributed by atoms with Gasteiger partial charge in [-0.1, -0.05) is 45.0 Å². The maximum atomic E-state index is 12.5. The summed E-state index contributed by atoms with van der Waals surface area (Å²) in [6.07, 6.45) is 1.94. The molecule has 0 saturated carbocycles. The topological polar surface area (TPSA) is 42.2 Å². The highest BCUT2D eigenvalue weighted by Gasteiger charge is 2.10. The second-order valence-electron chi connectivity index (χ2n) is 6.09. The summed E-state index contributed by atoms with van der Waals surface area (Å²) in [4.78, 5) is 12.5. The van der Waals surface area contributed by atoms with E-state index in [4.69, 9.17) is 0 Å². The van der Waals surface area contributed by atoms with Gasteiger partial charge in [0.05, 0.1) is 12.3 Å². The molecular formula is C19H25NO2.